The molecule has 1 rings (SSSR count). The first-order valence-corrected chi connectivity index (χ1v) is 5.26. The van der Waals surface area contributed by atoms with E-state index in [0.717, 1.165) is 4.47 Å². The summed E-state index contributed by atoms with van der Waals surface area (Å²) < 4.78 is 0.841. The van der Waals surface area contributed by atoms with Crippen molar-refractivity contribution in [2.24, 2.45) is 0 Å². The molecule has 0 spiro atoms. The molecule has 0 aliphatic carbocycles. The maximum absolute atomic E-state index is 10.4. The van der Waals surface area contributed by atoms with Crippen LogP contribution >= 0.6 is 27.5 Å². The molecule has 0 aromatic heterocycles. The van der Waals surface area contributed by atoms with Crippen LogP contribution in [0.5, 0.6) is 0 Å². The number of halogens is 2. The summed E-state index contributed by atoms with van der Waals surface area (Å²) in [7, 11) is 0. The number of benzene rings is 1. The van der Waals surface area contributed by atoms with Gasteiger partial charge >= 0.3 is 0 Å². The van der Waals surface area contributed by atoms with Gasteiger partial charge < -0.3 is 9.90 Å². The zero-order valence-corrected chi connectivity index (χ0v) is 9.97. The Morgan fingerprint density at radius 1 is 1.64 bits per heavy atom. The van der Waals surface area contributed by atoms with Crippen LogP contribution < -0.4 is 0 Å². The van der Waals surface area contributed by atoms with Gasteiger partial charge in [-0.25, -0.2) is 0 Å². The molecule has 1 aromatic carbocycles. The molecule has 1 unspecified atom stereocenters. The molecular formula is C10H10BrClO2. The highest BCUT2D eigenvalue weighted by Gasteiger charge is 2.24. The summed E-state index contributed by atoms with van der Waals surface area (Å²) in [6.07, 6.45) is 0.715. The molecule has 1 N–H and O–H groups in total. The van der Waals surface area contributed by atoms with Crippen molar-refractivity contribution in [1.29, 1.82) is 0 Å². The summed E-state index contributed by atoms with van der Waals surface area (Å²) in [6.45, 7) is 1.57. The second-order valence-corrected chi connectivity index (χ2v) is 4.59. The predicted molar refractivity (Wildman–Crippen MR) is 59.4 cm³/mol. The average molecular weight is 278 g/mol. The van der Waals surface area contributed by atoms with Crippen LogP contribution in [0.3, 0.4) is 0 Å². The van der Waals surface area contributed by atoms with Crippen molar-refractivity contribution < 1.29 is 9.90 Å². The van der Waals surface area contributed by atoms with Crippen molar-refractivity contribution in [3.8, 4) is 0 Å². The standard InChI is InChI=1S/C10H10BrClO2/c1-10(14,4-5-13)8-3-2-7(11)6-9(8)12/h2-3,5-6,14H,4H2,1H3. The third-order valence-electron chi connectivity index (χ3n) is 1.99. The Bertz CT molecular complexity index is 350. The van der Waals surface area contributed by atoms with Crippen molar-refractivity contribution in [2.75, 3.05) is 0 Å². The molecule has 0 saturated carbocycles. The minimum atomic E-state index is -1.19. The van der Waals surface area contributed by atoms with Gasteiger partial charge in [0.05, 0.1) is 5.60 Å². The van der Waals surface area contributed by atoms with Gasteiger partial charge in [-0.3, -0.25) is 0 Å². The fourth-order valence-corrected chi connectivity index (χ4v) is 2.08. The first kappa shape index (κ1) is 11.7. The van der Waals surface area contributed by atoms with E-state index >= 15 is 0 Å². The van der Waals surface area contributed by atoms with Crippen LogP contribution in [0.15, 0.2) is 22.7 Å². The summed E-state index contributed by atoms with van der Waals surface area (Å²) in [5, 5.41) is 10.4. The third-order valence-corrected chi connectivity index (χ3v) is 2.80. The largest absolute Gasteiger partial charge is 0.385 e. The van der Waals surface area contributed by atoms with E-state index in [2.05, 4.69) is 15.9 Å². The summed E-state index contributed by atoms with van der Waals surface area (Å²) in [6, 6.07) is 5.17. The number of carbonyl (C=O) groups excluding carboxylic acids is 1. The highest BCUT2D eigenvalue weighted by atomic mass is 79.9. The van der Waals surface area contributed by atoms with Crippen molar-refractivity contribution in [2.45, 2.75) is 18.9 Å². The number of carbonyl (C=O) groups is 1. The molecule has 0 aliphatic heterocycles. The smallest absolute Gasteiger partial charge is 0.123 e. The summed E-state index contributed by atoms with van der Waals surface area (Å²) in [5.41, 5.74) is -0.631. The van der Waals surface area contributed by atoms with Gasteiger partial charge in [0.2, 0.25) is 0 Å². The van der Waals surface area contributed by atoms with Crippen LogP contribution in [0, 0.1) is 0 Å². The van der Waals surface area contributed by atoms with E-state index in [4.69, 9.17) is 11.6 Å². The number of hydrogen-bond acceptors (Lipinski definition) is 2. The van der Waals surface area contributed by atoms with E-state index in [0.29, 0.717) is 16.9 Å². The lowest BCUT2D eigenvalue weighted by Crippen LogP contribution is -2.21. The normalized spacial score (nSPS) is 14.9. The fourth-order valence-electron chi connectivity index (χ4n) is 1.20. The Morgan fingerprint density at radius 2 is 2.29 bits per heavy atom. The van der Waals surface area contributed by atoms with Gasteiger partial charge in [0.15, 0.2) is 0 Å². The lowest BCUT2D eigenvalue weighted by Gasteiger charge is -2.22. The maximum atomic E-state index is 10.4. The van der Waals surface area contributed by atoms with Crippen LogP contribution in [0.1, 0.15) is 18.9 Å². The number of hydrogen-bond donors (Lipinski definition) is 1. The van der Waals surface area contributed by atoms with Crippen molar-refractivity contribution in [3.05, 3.63) is 33.3 Å². The molecular weight excluding hydrogens is 267 g/mol. The first-order valence-electron chi connectivity index (χ1n) is 4.09. The number of aldehydes is 1. The highest BCUT2D eigenvalue weighted by molar-refractivity contribution is 9.10. The third kappa shape index (κ3) is 2.56. The van der Waals surface area contributed by atoms with E-state index in [1.54, 1.807) is 25.1 Å². The predicted octanol–water partition coefficient (Wildman–Crippen LogP) is 2.90. The molecule has 0 amide bonds. The second kappa shape index (κ2) is 4.43. The van der Waals surface area contributed by atoms with Gasteiger partial charge in [-0.05, 0) is 19.1 Å². The SMILES string of the molecule is CC(O)(CC=O)c1ccc(Br)cc1Cl. The van der Waals surface area contributed by atoms with E-state index in [1.807, 2.05) is 0 Å². The molecule has 14 heavy (non-hydrogen) atoms. The molecule has 0 radical (unpaired) electrons. The molecule has 0 fully saturated rings. The van der Waals surface area contributed by atoms with Gasteiger partial charge in [0.1, 0.15) is 6.29 Å². The zero-order valence-electron chi connectivity index (χ0n) is 7.63. The van der Waals surface area contributed by atoms with Gasteiger partial charge in [0, 0.05) is 21.5 Å². The first-order chi connectivity index (χ1) is 6.47. The monoisotopic (exact) mass is 276 g/mol. The molecule has 2 nitrogen and oxygen atoms in total. The topological polar surface area (TPSA) is 37.3 Å². The fraction of sp³-hybridized carbons (Fsp3) is 0.300. The number of rotatable bonds is 3. The maximum Gasteiger partial charge on any atom is 0.123 e. The van der Waals surface area contributed by atoms with E-state index in [1.165, 1.54) is 0 Å². The molecule has 0 saturated heterocycles. The molecule has 0 heterocycles. The summed E-state index contributed by atoms with van der Waals surface area (Å²) in [4.78, 5) is 10.4. The van der Waals surface area contributed by atoms with E-state index in [-0.39, 0.29) is 6.42 Å². The molecule has 76 valence electrons. The minimum absolute atomic E-state index is 0.0361. The Labute approximate surface area is 96.0 Å². The number of aliphatic hydroxyl groups is 1. The van der Waals surface area contributed by atoms with Crippen LogP contribution in [0.2, 0.25) is 5.02 Å². The van der Waals surface area contributed by atoms with Crippen molar-refractivity contribution in [1.82, 2.24) is 0 Å². The van der Waals surface area contributed by atoms with Gasteiger partial charge in [0.25, 0.3) is 0 Å². The van der Waals surface area contributed by atoms with Crippen LogP contribution in [0.4, 0.5) is 0 Å². The Hall–Kier alpha value is -0.380. The Kier molecular flexibility index (Phi) is 3.70. The summed E-state index contributed by atoms with van der Waals surface area (Å²) >= 11 is 9.21. The van der Waals surface area contributed by atoms with Crippen LogP contribution in [0.25, 0.3) is 0 Å². The molecule has 4 heteroatoms. The average Bonchev–Trinajstić information content (AvgIpc) is 2.02. The molecule has 0 bridgehead atoms. The highest BCUT2D eigenvalue weighted by Crippen LogP contribution is 2.31. The molecule has 0 aliphatic rings. The van der Waals surface area contributed by atoms with Gasteiger partial charge in [-0.2, -0.15) is 0 Å². The Balaban J connectivity index is 3.12. The van der Waals surface area contributed by atoms with Gasteiger partial charge in [-0.15, -0.1) is 0 Å². The van der Waals surface area contributed by atoms with Gasteiger partial charge in [-0.1, -0.05) is 33.6 Å². The molecule has 1 atom stereocenters. The van der Waals surface area contributed by atoms with E-state index < -0.39 is 5.60 Å². The lowest BCUT2D eigenvalue weighted by molar-refractivity contribution is -0.112. The van der Waals surface area contributed by atoms with E-state index in [9.17, 15) is 9.90 Å². The van der Waals surface area contributed by atoms with Crippen LogP contribution in [-0.2, 0) is 10.4 Å². The van der Waals surface area contributed by atoms with Crippen LogP contribution in [-0.4, -0.2) is 11.4 Å². The minimum Gasteiger partial charge on any atom is -0.385 e. The zero-order chi connectivity index (χ0) is 10.8. The summed E-state index contributed by atoms with van der Waals surface area (Å²) in [5.74, 6) is 0. The van der Waals surface area contributed by atoms with Crippen molar-refractivity contribution >= 4 is 33.8 Å². The second-order valence-electron chi connectivity index (χ2n) is 3.27. The van der Waals surface area contributed by atoms with Crippen molar-refractivity contribution in [3.63, 3.8) is 0 Å². The molecule has 1 aromatic rings. The Morgan fingerprint density at radius 3 is 2.79 bits per heavy atom. The lowest BCUT2D eigenvalue weighted by atomic mass is 9.93. The quantitative estimate of drug-likeness (QED) is 0.863.